The molecule has 31 heavy (non-hydrogen) atoms. The second-order valence-corrected chi connectivity index (χ2v) is 6.86. The number of hydrogen-bond acceptors (Lipinski definition) is 7. The van der Waals surface area contributed by atoms with Gasteiger partial charge in [0.1, 0.15) is 0 Å². The van der Waals surface area contributed by atoms with Crippen molar-refractivity contribution in [1.29, 1.82) is 0 Å². The number of aryl methyl sites for hydroxylation is 1. The Bertz CT molecular complexity index is 1140. The fourth-order valence-electron chi connectivity index (χ4n) is 3.21. The molecule has 1 aromatic carbocycles. The first-order chi connectivity index (χ1) is 15.0. The van der Waals surface area contributed by atoms with E-state index in [9.17, 15) is 9.18 Å². The molecule has 0 atom stereocenters. The monoisotopic (exact) mass is 428 g/mol. The van der Waals surface area contributed by atoms with Crippen LogP contribution in [0.15, 0.2) is 30.6 Å². The fourth-order valence-corrected chi connectivity index (χ4v) is 3.21. The van der Waals surface area contributed by atoms with Crippen LogP contribution in [0.4, 0.5) is 10.3 Å². The van der Waals surface area contributed by atoms with E-state index in [-0.39, 0.29) is 17.6 Å². The van der Waals surface area contributed by atoms with Crippen LogP contribution in [0.2, 0.25) is 0 Å². The van der Waals surface area contributed by atoms with Gasteiger partial charge in [0, 0.05) is 37.7 Å². The number of fused-ring (bicyclic) bond motifs is 3. The smallest absolute Gasteiger partial charge is 0.229 e. The first kappa shape index (κ1) is 22.2. The Morgan fingerprint density at radius 2 is 2.16 bits per heavy atom. The van der Waals surface area contributed by atoms with Gasteiger partial charge in [0.05, 0.1) is 25.7 Å². The van der Waals surface area contributed by atoms with Crippen LogP contribution < -0.4 is 10.5 Å². The molecule has 164 valence electrons. The molecule has 3 aromatic rings. The van der Waals surface area contributed by atoms with Gasteiger partial charge in [-0.25, -0.2) is 14.4 Å². The van der Waals surface area contributed by atoms with Gasteiger partial charge in [-0.05, 0) is 18.9 Å². The van der Waals surface area contributed by atoms with Crippen molar-refractivity contribution in [3.05, 3.63) is 42.3 Å². The number of nitrogen functional groups attached to an aromatic ring is 1. The van der Waals surface area contributed by atoms with Gasteiger partial charge in [-0.1, -0.05) is 6.58 Å². The van der Waals surface area contributed by atoms with E-state index in [1.807, 2.05) is 0 Å². The van der Waals surface area contributed by atoms with Crippen molar-refractivity contribution in [1.82, 2.24) is 24.5 Å². The lowest BCUT2D eigenvalue weighted by atomic mass is 10.2. The van der Waals surface area contributed by atoms with Gasteiger partial charge < -0.3 is 20.1 Å². The summed E-state index contributed by atoms with van der Waals surface area (Å²) in [6.07, 6.45) is 3.88. The average Bonchev–Trinajstić information content (AvgIpc) is 3.19. The molecule has 0 bridgehead atoms. The van der Waals surface area contributed by atoms with E-state index in [2.05, 4.69) is 27.4 Å². The number of aromatic nitrogens is 4. The molecule has 0 radical (unpaired) electrons. The zero-order valence-electron chi connectivity index (χ0n) is 17.6. The maximum absolute atomic E-state index is 14.2. The standard InChI is InChI=1S/C21H25FN6O3/c1-4-9-27(19(29)8-11-30-2)10-6-5-7-18-25-20-14-12-15(22)17(31-3)13-16(14)24-21(23)28(20)26-18/h9,12-13H,1,5-8,10-11H2,2-3H3,(H2,23,24). The summed E-state index contributed by atoms with van der Waals surface area (Å²) in [5, 5.41) is 4.90. The maximum Gasteiger partial charge on any atom is 0.229 e. The molecule has 0 unspecified atom stereocenters. The molecule has 10 heteroatoms. The third-order valence-corrected chi connectivity index (χ3v) is 4.75. The Labute approximate surface area is 179 Å². The summed E-state index contributed by atoms with van der Waals surface area (Å²) < 4.78 is 25.6. The SMILES string of the molecule is C=C=CN(CCCCc1nc2c3cc(F)c(OC)cc3nc(N)n2n1)C(=O)CCOC. The van der Waals surface area contributed by atoms with Crippen molar-refractivity contribution in [3.8, 4) is 5.75 Å². The lowest BCUT2D eigenvalue weighted by Crippen LogP contribution is -2.27. The van der Waals surface area contributed by atoms with Crippen LogP contribution in [0.3, 0.4) is 0 Å². The van der Waals surface area contributed by atoms with Gasteiger partial charge in [-0.3, -0.25) is 4.79 Å². The molecular formula is C21H25FN6O3. The number of nitrogens with zero attached hydrogens (tertiary/aromatic N) is 5. The zero-order chi connectivity index (χ0) is 22.4. The van der Waals surface area contributed by atoms with Crippen molar-refractivity contribution in [2.45, 2.75) is 25.7 Å². The highest BCUT2D eigenvalue weighted by Crippen LogP contribution is 2.27. The average molecular weight is 428 g/mol. The predicted octanol–water partition coefficient (Wildman–Crippen LogP) is 2.49. The molecule has 2 aromatic heterocycles. The van der Waals surface area contributed by atoms with Gasteiger partial charge in [-0.2, -0.15) is 4.52 Å². The van der Waals surface area contributed by atoms with E-state index >= 15 is 0 Å². The van der Waals surface area contributed by atoms with Crippen LogP contribution in [-0.4, -0.2) is 57.8 Å². The Morgan fingerprint density at radius 1 is 1.35 bits per heavy atom. The third-order valence-electron chi connectivity index (χ3n) is 4.75. The first-order valence-electron chi connectivity index (χ1n) is 9.81. The summed E-state index contributed by atoms with van der Waals surface area (Å²) in [5.41, 5.74) is 9.56. The van der Waals surface area contributed by atoms with E-state index in [1.165, 1.54) is 23.8 Å². The third kappa shape index (κ3) is 4.99. The molecule has 0 aliphatic rings. The molecule has 0 aliphatic heterocycles. The highest BCUT2D eigenvalue weighted by Gasteiger charge is 2.15. The summed E-state index contributed by atoms with van der Waals surface area (Å²) in [6, 6.07) is 2.80. The Balaban J connectivity index is 1.71. The van der Waals surface area contributed by atoms with Gasteiger partial charge in [-0.15, -0.1) is 10.8 Å². The predicted molar refractivity (Wildman–Crippen MR) is 114 cm³/mol. The van der Waals surface area contributed by atoms with Crippen molar-refractivity contribution in [3.63, 3.8) is 0 Å². The number of amides is 1. The second-order valence-electron chi connectivity index (χ2n) is 6.86. The highest BCUT2D eigenvalue weighted by molar-refractivity contribution is 5.93. The van der Waals surface area contributed by atoms with Crippen molar-refractivity contribution < 1.29 is 18.7 Å². The Kier molecular flexibility index (Phi) is 7.17. The summed E-state index contributed by atoms with van der Waals surface area (Å²) in [5.74, 6) is 0.240. The molecule has 0 saturated carbocycles. The summed E-state index contributed by atoms with van der Waals surface area (Å²) in [4.78, 5) is 22.5. The molecule has 0 aliphatic carbocycles. The zero-order valence-corrected chi connectivity index (χ0v) is 17.6. The number of methoxy groups -OCH3 is 2. The van der Waals surface area contributed by atoms with Gasteiger partial charge in [0.15, 0.2) is 23.0 Å². The van der Waals surface area contributed by atoms with Crippen LogP contribution in [-0.2, 0) is 16.0 Å². The second kappa shape index (κ2) is 10.0. The van der Waals surface area contributed by atoms with E-state index < -0.39 is 5.82 Å². The molecular weight excluding hydrogens is 403 g/mol. The van der Waals surface area contributed by atoms with Crippen LogP contribution in [0.25, 0.3) is 16.6 Å². The minimum absolute atomic E-state index is 0.0494. The van der Waals surface area contributed by atoms with Gasteiger partial charge in [0.25, 0.3) is 0 Å². The Morgan fingerprint density at radius 3 is 2.87 bits per heavy atom. The van der Waals surface area contributed by atoms with Gasteiger partial charge >= 0.3 is 0 Å². The topological polar surface area (TPSA) is 108 Å². The van der Waals surface area contributed by atoms with E-state index in [1.54, 1.807) is 18.2 Å². The van der Waals surface area contributed by atoms with Gasteiger partial charge in [0.2, 0.25) is 11.9 Å². The van der Waals surface area contributed by atoms with Crippen molar-refractivity contribution in [2.75, 3.05) is 33.1 Å². The van der Waals surface area contributed by atoms with Crippen molar-refractivity contribution >= 4 is 28.4 Å². The fraction of sp³-hybridized carbons (Fsp3) is 0.381. The molecule has 9 nitrogen and oxygen atoms in total. The molecule has 2 N–H and O–H groups in total. The maximum atomic E-state index is 14.2. The number of hydrogen-bond donors (Lipinski definition) is 1. The molecule has 2 heterocycles. The van der Waals surface area contributed by atoms with E-state index in [0.717, 1.165) is 12.8 Å². The molecule has 3 rings (SSSR count). The Hall–Kier alpha value is -3.49. The van der Waals surface area contributed by atoms with E-state index in [0.29, 0.717) is 48.4 Å². The summed E-state index contributed by atoms with van der Waals surface area (Å²) in [6.45, 7) is 4.42. The molecule has 0 fully saturated rings. The quantitative estimate of drug-likeness (QED) is 0.390. The molecule has 1 amide bonds. The lowest BCUT2D eigenvalue weighted by Gasteiger charge is -2.17. The lowest BCUT2D eigenvalue weighted by molar-refractivity contribution is -0.129. The van der Waals surface area contributed by atoms with Crippen molar-refractivity contribution in [2.24, 2.45) is 0 Å². The normalized spacial score (nSPS) is 10.9. The highest BCUT2D eigenvalue weighted by atomic mass is 19.1. The molecule has 0 saturated heterocycles. The number of rotatable bonds is 10. The number of carbonyl (C=O) groups is 1. The number of benzene rings is 1. The summed E-state index contributed by atoms with van der Waals surface area (Å²) in [7, 11) is 2.94. The number of anilines is 1. The first-order valence-corrected chi connectivity index (χ1v) is 9.81. The van der Waals surface area contributed by atoms with E-state index in [4.69, 9.17) is 15.2 Å². The minimum atomic E-state index is -0.512. The van der Waals surface area contributed by atoms with Crippen LogP contribution >= 0.6 is 0 Å². The number of nitrogens with two attached hydrogens (primary N) is 1. The number of unbranched alkanes of at least 4 members (excludes halogenated alkanes) is 1. The summed E-state index contributed by atoms with van der Waals surface area (Å²) >= 11 is 0. The van der Waals surface area contributed by atoms with Crippen LogP contribution in [0, 0.1) is 5.82 Å². The minimum Gasteiger partial charge on any atom is -0.494 e. The number of carbonyl (C=O) groups excluding carboxylic acids is 1. The number of ether oxygens (including phenoxy) is 2. The van der Waals surface area contributed by atoms with Crippen LogP contribution in [0.1, 0.15) is 25.1 Å². The largest absolute Gasteiger partial charge is 0.494 e. The number of halogens is 1. The van der Waals surface area contributed by atoms with Crippen LogP contribution in [0.5, 0.6) is 5.75 Å². The molecule has 0 spiro atoms.